The first-order valence-corrected chi connectivity index (χ1v) is 7.18. The van der Waals surface area contributed by atoms with Crippen LogP contribution in [0, 0.1) is 0 Å². The first-order valence-electron chi connectivity index (χ1n) is 5.69. The Kier molecular flexibility index (Phi) is 4.50. The predicted molar refractivity (Wildman–Crippen MR) is 70.6 cm³/mol. The van der Waals surface area contributed by atoms with Crippen molar-refractivity contribution in [2.75, 3.05) is 20.3 Å². The van der Waals surface area contributed by atoms with E-state index in [9.17, 15) is 13.2 Å². The summed E-state index contributed by atoms with van der Waals surface area (Å²) in [5.41, 5.74) is -0.175. The van der Waals surface area contributed by atoms with E-state index in [-0.39, 0.29) is 18.1 Å². The molecule has 0 aliphatic rings. The van der Waals surface area contributed by atoms with E-state index in [1.54, 1.807) is 0 Å². The van der Waals surface area contributed by atoms with Crippen LogP contribution in [0.2, 0.25) is 0 Å². The van der Waals surface area contributed by atoms with Crippen molar-refractivity contribution in [2.45, 2.75) is 4.90 Å². The van der Waals surface area contributed by atoms with Crippen molar-refractivity contribution in [1.82, 2.24) is 4.89 Å². The van der Waals surface area contributed by atoms with Gasteiger partial charge < -0.3 is 9.15 Å². The molecule has 0 aliphatic carbocycles. The molecule has 0 saturated carbocycles. The molecule has 0 saturated heterocycles. The van der Waals surface area contributed by atoms with Crippen LogP contribution in [0.5, 0.6) is 0 Å². The fourth-order valence-electron chi connectivity index (χ4n) is 1.51. The Morgan fingerprint density at radius 3 is 2.75 bits per heavy atom. The van der Waals surface area contributed by atoms with Gasteiger partial charge in [0.15, 0.2) is 0 Å². The van der Waals surface area contributed by atoms with Gasteiger partial charge >= 0.3 is 5.63 Å². The van der Waals surface area contributed by atoms with Crippen LogP contribution in [-0.2, 0) is 19.6 Å². The molecule has 0 amide bonds. The number of ether oxygens (including phenoxy) is 1. The summed E-state index contributed by atoms with van der Waals surface area (Å²) < 4.78 is 33.5. The van der Waals surface area contributed by atoms with E-state index in [0.717, 1.165) is 0 Å². The lowest BCUT2D eigenvalue weighted by atomic mass is 10.2. The molecule has 0 aliphatic heterocycles. The monoisotopic (exact) mass is 299 g/mol. The molecule has 1 N–H and O–H groups in total. The molecule has 1 heterocycles. The SMILES string of the molecule is COCCONS(=O)(=O)c1ccc2oc(=O)ccc2c1. The third kappa shape index (κ3) is 3.42. The number of rotatable bonds is 6. The Morgan fingerprint density at radius 2 is 2.00 bits per heavy atom. The van der Waals surface area contributed by atoms with E-state index in [2.05, 4.69) is 0 Å². The zero-order valence-corrected chi connectivity index (χ0v) is 11.5. The minimum atomic E-state index is -3.79. The van der Waals surface area contributed by atoms with Gasteiger partial charge in [-0.1, -0.05) is 4.89 Å². The summed E-state index contributed by atoms with van der Waals surface area (Å²) in [5.74, 6) is 0. The van der Waals surface area contributed by atoms with E-state index in [1.165, 1.54) is 37.4 Å². The molecule has 0 bridgehead atoms. The molecule has 8 heteroatoms. The number of hydrogen-bond donors (Lipinski definition) is 1. The van der Waals surface area contributed by atoms with E-state index in [4.69, 9.17) is 14.0 Å². The number of hydrogen-bond acceptors (Lipinski definition) is 6. The topological polar surface area (TPSA) is 94.8 Å². The highest BCUT2D eigenvalue weighted by Gasteiger charge is 2.15. The van der Waals surface area contributed by atoms with Crippen LogP contribution in [0.25, 0.3) is 11.0 Å². The Hall–Kier alpha value is -1.74. The van der Waals surface area contributed by atoms with Crippen molar-refractivity contribution < 1.29 is 22.4 Å². The molecule has 20 heavy (non-hydrogen) atoms. The summed E-state index contributed by atoms with van der Waals surface area (Å²) in [6.07, 6.45) is 0. The molecule has 1 aromatic carbocycles. The lowest BCUT2D eigenvalue weighted by molar-refractivity contribution is 0.0438. The number of benzene rings is 1. The molecule has 0 spiro atoms. The molecule has 7 nitrogen and oxygen atoms in total. The van der Waals surface area contributed by atoms with Gasteiger partial charge in [-0.2, -0.15) is 0 Å². The second-order valence-electron chi connectivity index (χ2n) is 3.88. The van der Waals surface area contributed by atoms with Crippen LogP contribution in [0.15, 0.2) is 44.4 Å². The largest absolute Gasteiger partial charge is 0.423 e. The van der Waals surface area contributed by atoms with Gasteiger partial charge in [0, 0.05) is 18.6 Å². The summed E-state index contributed by atoms with van der Waals surface area (Å²) in [6, 6.07) is 6.85. The Bertz CT molecular complexity index is 752. The van der Waals surface area contributed by atoms with Crippen LogP contribution in [0.1, 0.15) is 0 Å². The molecule has 0 radical (unpaired) electrons. The van der Waals surface area contributed by atoms with Crippen LogP contribution >= 0.6 is 0 Å². The zero-order chi connectivity index (χ0) is 14.6. The van der Waals surface area contributed by atoms with Crippen molar-refractivity contribution >= 4 is 21.0 Å². The fraction of sp³-hybridized carbons (Fsp3) is 0.250. The van der Waals surface area contributed by atoms with Crippen LogP contribution in [0.4, 0.5) is 0 Å². The lowest BCUT2D eigenvalue weighted by Gasteiger charge is -2.07. The summed E-state index contributed by atoms with van der Waals surface area (Å²) in [7, 11) is -2.31. The van der Waals surface area contributed by atoms with Crippen LogP contribution < -0.4 is 10.5 Å². The zero-order valence-electron chi connectivity index (χ0n) is 10.7. The molecule has 2 rings (SSSR count). The van der Waals surface area contributed by atoms with Gasteiger partial charge in [0.1, 0.15) is 5.58 Å². The van der Waals surface area contributed by atoms with Crippen LogP contribution in [0.3, 0.4) is 0 Å². The van der Waals surface area contributed by atoms with Crippen LogP contribution in [-0.4, -0.2) is 28.7 Å². The van der Waals surface area contributed by atoms with E-state index >= 15 is 0 Å². The number of sulfonamides is 1. The van der Waals surface area contributed by atoms with Gasteiger partial charge in [-0.15, -0.1) is 0 Å². The van der Waals surface area contributed by atoms with Gasteiger partial charge in [-0.05, 0) is 24.3 Å². The van der Waals surface area contributed by atoms with Crippen molar-refractivity contribution in [3.63, 3.8) is 0 Å². The number of methoxy groups -OCH3 is 1. The Balaban J connectivity index is 2.23. The van der Waals surface area contributed by atoms with Gasteiger partial charge in [-0.3, -0.25) is 4.84 Å². The Morgan fingerprint density at radius 1 is 1.20 bits per heavy atom. The fourth-order valence-corrected chi connectivity index (χ4v) is 2.37. The second-order valence-corrected chi connectivity index (χ2v) is 5.53. The Labute approximate surface area is 115 Å². The van der Waals surface area contributed by atoms with Crippen molar-refractivity contribution in [3.05, 3.63) is 40.8 Å². The highest BCUT2D eigenvalue weighted by atomic mass is 32.2. The summed E-state index contributed by atoms with van der Waals surface area (Å²) in [4.78, 5) is 17.8. The molecular formula is C12H13NO6S. The summed E-state index contributed by atoms with van der Waals surface area (Å²) in [6.45, 7) is 0.365. The van der Waals surface area contributed by atoms with E-state index in [0.29, 0.717) is 11.0 Å². The average Bonchev–Trinajstić information content (AvgIpc) is 2.43. The van der Waals surface area contributed by atoms with Crippen molar-refractivity contribution in [2.24, 2.45) is 0 Å². The quantitative estimate of drug-likeness (QED) is 0.478. The lowest BCUT2D eigenvalue weighted by Crippen LogP contribution is -2.25. The standard InChI is InChI=1S/C12H13NO6S/c1-17-6-7-18-13-20(15,16)10-3-4-11-9(8-10)2-5-12(14)19-11/h2-5,8,13H,6-7H2,1H3. The third-order valence-electron chi connectivity index (χ3n) is 2.46. The highest BCUT2D eigenvalue weighted by Crippen LogP contribution is 2.17. The third-order valence-corrected chi connectivity index (χ3v) is 3.67. The normalized spacial score (nSPS) is 11.8. The minimum absolute atomic E-state index is 0.0104. The van der Waals surface area contributed by atoms with Gasteiger partial charge in [0.05, 0.1) is 18.1 Å². The predicted octanol–water partition coefficient (Wildman–Crippen LogP) is 0.649. The second kappa shape index (κ2) is 6.14. The highest BCUT2D eigenvalue weighted by molar-refractivity contribution is 7.89. The molecule has 2 aromatic rings. The van der Waals surface area contributed by atoms with Gasteiger partial charge in [-0.25, -0.2) is 13.2 Å². The van der Waals surface area contributed by atoms with E-state index in [1.807, 2.05) is 4.89 Å². The maximum absolute atomic E-state index is 11.9. The molecule has 0 fully saturated rings. The first kappa shape index (κ1) is 14.7. The maximum atomic E-state index is 11.9. The smallest absolute Gasteiger partial charge is 0.336 e. The number of nitrogens with one attached hydrogen (secondary N) is 1. The van der Waals surface area contributed by atoms with Crippen molar-refractivity contribution in [3.8, 4) is 0 Å². The molecular weight excluding hydrogens is 286 g/mol. The maximum Gasteiger partial charge on any atom is 0.336 e. The molecule has 0 atom stereocenters. The number of fused-ring (bicyclic) bond motifs is 1. The van der Waals surface area contributed by atoms with Crippen molar-refractivity contribution in [1.29, 1.82) is 0 Å². The van der Waals surface area contributed by atoms with Gasteiger partial charge in [0.25, 0.3) is 10.0 Å². The first-order chi connectivity index (χ1) is 9.53. The van der Waals surface area contributed by atoms with E-state index < -0.39 is 15.6 Å². The molecule has 0 unspecified atom stereocenters. The minimum Gasteiger partial charge on any atom is -0.423 e. The average molecular weight is 299 g/mol. The molecule has 108 valence electrons. The van der Waals surface area contributed by atoms with Gasteiger partial charge in [0.2, 0.25) is 0 Å². The summed E-state index contributed by atoms with van der Waals surface area (Å²) in [5, 5.41) is 0.504. The summed E-state index contributed by atoms with van der Waals surface area (Å²) >= 11 is 0. The molecule has 1 aromatic heterocycles.